The topological polar surface area (TPSA) is 0 Å². The first-order valence-corrected chi connectivity index (χ1v) is 6.62. The lowest BCUT2D eigenvalue weighted by Crippen LogP contribution is -2.30. The van der Waals surface area contributed by atoms with Crippen LogP contribution in [-0.4, -0.2) is 0 Å². The van der Waals surface area contributed by atoms with Gasteiger partial charge in [0.25, 0.3) is 0 Å². The van der Waals surface area contributed by atoms with Gasteiger partial charge in [-0.25, -0.2) is 0 Å². The molecule has 0 spiro atoms. The van der Waals surface area contributed by atoms with E-state index in [4.69, 9.17) is 0 Å². The number of hydrogen-bond donors (Lipinski definition) is 0. The molecule has 2 rings (SSSR count). The Hall–Kier alpha value is 0. The van der Waals surface area contributed by atoms with Gasteiger partial charge in [0, 0.05) is 0 Å². The Morgan fingerprint density at radius 2 is 1.40 bits per heavy atom. The van der Waals surface area contributed by atoms with E-state index in [0.29, 0.717) is 16.2 Å². The highest BCUT2D eigenvalue weighted by Crippen LogP contribution is 2.63. The third-order valence-corrected chi connectivity index (χ3v) is 4.83. The molecule has 0 atom stereocenters. The van der Waals surface area contributed by atoms with Crippen molar-refractivity contribution in [2.45, 2.75) is 73.1 Å². The fourth-order valence-corrected chi connectivity index (χ4v) is 4.57. The largest absolute Gasteiger partial charge is 0.0599 e. The molecule has 2 fully saturated rings. The van der Waals surface area contributed by atoms with E-state index in [1.807, 2.05) is 5.92 Å². The zero-order valence-electron chi connectivity index (χ0n) is 11.2. The second kappa shape index (κ2) is 3.25. The molecule has 0 bridgehead atoms. The van der Waals surface area contributed by atoms with Crippen molar-refractivity contribution in [3.8, 4) is 0 Å². The summed E-state index contributed by atoms with van der Waals surface area (Å²) in [6.45, 7) is 12.4. The van der Waals surface area contributed by atoms with E-state index in [1.165, 1.54) is 38.5 Å². The van der Waals surface area contributed by atoms with Crippen molar-refractivity contribution in [3.05, 3.63) is 5.92 Å². The first-order chi connectivity index (χ1) is 6.75. The molecule has 0 nitrogen and oxygen atoms in total. The lowest BCUT2D eigenvalue weighted by atomic mass is 9.65. The molecule has 0 aromatic heterocycles. The average Bonchev–Trinajstić information content (AvgIpc) is 2.54. The normalized spacial score (nSPS) is 33.4. The van der Waals surface area contributed by atoms with Crippen LogP contribution in [0.15, 0.2) is 0 Å². The monoisotopic (exact) mass is 207 g/mol. The van der Waals surface area contributed by atoms with E-state index < -0.39 is 0 Å². The molecule has 0 heterocycles. The Kier molecular flexibility index (Phi) is 2.48. The van der Waals surface area contributed by atoms with Crippen LogP contribution in [-0.2, 0) is 0 Å². The van der Waals surface area contributed by atoms with Gasteiger partial charge in [-0.1, -0.05) is 47.5 Å². The Bertz CT molecular complexity index is 241. The third-order valence-electron chi connectivity index (χ3n) is 4.83. The summed E-state index contributed by atoms with van der Waals surface area (Å²) in [5.74, 6) is 1.89. The van der Waals surface area contributed by atoms with Crippen molar-refractivity contribution in [2.24, 2.45) is 16.2 Å². The molecule has 0 heteroatoms. The lowest BCUT2D eigenvalue weighted by Gasteiger charge is -2.39. The molecule has 0 N–H and O–H groups in total. The molecule has 0 aliphatic heterocycles. The van der Waals surface area contributed by atoms with E-state index in [0.717, 1.165) is 0 Å². The molecule has 0 amide bonds. The van der Waals surface area contributed by atoms with Crippen LogP contribution in [0.5, 0.6) is 0 Å². The molecular formula is C15H27. The summed E-state index contributed by atoms with van der Waals surface area (Å²) in [7, 11) is 0. The molecule has 2 saturated carbocycles. The highest BCUT2D eigenvalue weighted by Gasteiger charge is 2.53. The molecule has 0 aromatic carbocycles. The molecular weight excluding hydrogens is 180 g/mol. The van der Waals surface area contributed by atoms with Crippen LogP contribution in [0.25, 0.3) is 0 Å². The molecule has 1 radical (unpaired) electrons. The summed E-state index contributed by atoms with van der Waals surface area (Å²) in [5.41, 5.74) is 1.62. The maximum Gasteiger partial charge on any atom is -0.0120 e. The lowest BCUT2D eigenvalue weighted by molar-refractivity contribution is 0.243. The van der Waals surface area contributed by atoms with Crippen molar-refractivity contribution in [3.63, 3.8) is 0 Å². The van der Waals surface area contributed by atoms with Gasteiger partial charge in [-0.15, -0.1) is 0 Å². The van der Waals surface area contributed by atoms with Crippen molar-refractivity contribution in [2.75, 3.05) is 0 Å². The smallest absolute Gasteiger partial charge is 0.0120 e. The Balaban J connectivity index is 2.22. The van der Waals surface area contributed by atoms with Gasteiger partial charge in [-0.3, -0.25) is 0 Å². The van der Waals surface area contributed by atoms with Crippen molar-refractivity contribution in [1.82, 2.24) is 0 Å². The second-order valence-electron chi connectivity index (χ2n) is 7.65. The zero-order chi connectivity index (χ0) is 11.3. The maximum atomic E-state index is 2.53. The predicted molar refractivity (Wildman–Crippen MR) is 66.6 cm³/mol. The van der Waals surface area contributed by atoms with Gasteiger partial charge in [0.1, 0.15) is 0 Å². The van der Waals surface area contributed by atoms with Crippen LogP contribution in [0, 0.1) is 22.2 Å². The molecule has 2 aliphatic rings. The molecule has 0 aromatic rings. The zero-order valence-corrected chi connectivity index (χ0v) is 11.2. The molecule has 87 valence electrons. The van der Waals surface area contributed by atoms with E-state index >= 15 is 0 Å². The number of hydrogen-bond acceptors (Lipinski definition) is 0. The van der Waals surface area contributed by atoms with E-state index in [1.54, 1.807) is 0 Å². The van der Waals surface area contributed by atoms with Crippen LogP contribution in [0.3, 0.4) is 0 Å². The van der Waals surface area contributed by atoms with Gasteiger partial charge in [0.05, 0.1) is 0 Å². The maximum absolute atomic E-state index is 2.53. The van der Waals surface area contributed by atoms with Gasteiger partial charge in [-0.05, 0) is 47.8 Å². The Morgan fingerprint density at radius 1 is 0.867 bits per heavy atom. The van der Waals surface area contributed by atoms with Crippen LogP contribution < -0.4 is 0 Å². The molecule has 15 heavy (non-hydrogen) atoms. The summed E-state index contributed by atoms with van der Waals surface area (Å²) in [5, 5.41) is 0. The van der Waals surface area contributed by atoms with E-state index in [9.17, 15) is 0 Å². The van der Waals surface area contributed by atoms with Gasteiger partial charge < -0.3 is 0 Å². The minimum Gasteiger partial charge on any atom is -0.0599 e. The van der Waals surface area contributed by atoms with Crippen molar-refractivity contribution < 1.29 is 0 Å². The average molecular weight is 207 g/mol. The minimum absolute atomic E-state index is 0.489. The fourth-order valence-electron chi connectivity index (χ4n) is 4.57. The third kappa shape index (κ3) is 1.97. The van der Waals surface area contributed by atoms with Gasteiger partial charge in [-0.2, -0.15) is 0 Å². The molecule has 0 saturated heterocycles. The predicted octanol–water partition coefficient (Wildman–Crippen LogP) is 4.99. The van der Waals surface area contributed by atoms with Gasteiger partial charge >= 0.3 is 0 Å². The minimum atomic E-state index is 0.489. The van der Waals surface area contributed by atoms with Crippen molar-refractivity contribution >= 4 is 0 Å². The quantitative estimate of drug-likeness (QED) is 0.568. The van der Waals surface area contributed by atoms with Crippen LogP contribution in [0.2, 0.25) is 0 Å². The van der Waals surface area contributed by atoms with E-state index in [2.05, 4.69) is 34.6 Å². The standard InChI is InChI=1S/C15H27/c1-13(2)10-12(14(3,4)11-13)15(5)8-6-7-9-15/h6-11H2,1-5H3. The summed E-state index contributed by atoms with van der Waals surface area (Å²) >= 11 is 0. The van der Waals surface area contributed by atoms with Crippen molar-refractivity contribution in [1.29, 1.82) is 0 Å². The Labute approximate surface area is 95.8 Å². The SMILES string of the molecule is CC1(C)C[C](C2(C)CCCC2)C(C)(C)C1. The summed E-state index contributed by atoms with van der Waals surface area (Å²) in [6.07, 6.45) is 8.55. The van der Waals surface area contributed by atoms with Gasteiger partial charge in [0.15, 0.2) is 0 Å². The molecule has 2 aliphatic carbocycles. The Morgan fingerprint density at radius 3 is 1.80 bits per heavy atom. The first kappa shape index (κ1) is 11.5. The van der Waals surface area contributed by atoms with E-state index in [-0.39, 0.29) is 0 Å². The number of rotatable bonds is 1. The summed E-state index contributed by atoms with van der Waals surface area (Å²) in [4.78, 5) is 0. The van der Waals surface area contributed by atoms with Crippen LogP contribution in [0.4, 0.5) is 0 Å². The van der Waals surface area contributed by atoms with Crippen LogP contribution in [0.1, 0.15) is 73.1 Å². The van der Waals surface area contributed by atoms with Crippen LogP contribution >= 0.6 is 0 Å². The highest BCUT2D eigenvalue weighted by atomic mass is 14.6. The molecule has 0 unspecified atom stereocenters. The fraction of sp³-hybridized carbons (Fsp3) is 0.933. The summed E-state index contributed by atoms with van der Waals surface area (Å²) in [6, 6.07) is 0. The first-order valence-electron chi connectivity index (χ1n) is 6.62. The summed E-state index contributed by atoms with van der Waals surface area (Å²) < 4.78 is 0. The second-order valence-corrected chi connectivity index (χ2v) is 7.65. The van der Waals surface area contributed by atoms with Gasteiger partial charge in [0.2, 0.25) is 0 Å². The highest BCUT2D eigenvalue weighted by molar-refractivity contribution is 5.21.